The average Bonchev–Trinajstić information content (AvgIpc) is 2.47. The van der Waals surface area contributed by atoms with Gasteiger partial charge in [-0.2, -0.15) is 0 Å². The number of hydrogen-bond donors (Lipinski definition) is 0. The minimum Gasteiger partial charge on any atom is -0.356 e. The summed E-state index contributed by atoms with van der Waals surface area (Å²) in [6, 6.07) is 5.57. The Bertz CT molecular complexity index is 603. The lowest BCUT2D eigenvalue weighted by atomic mass is 9.99. The zero-order valence-corrected chi connectivity index (χ0v) is 11.0. The fourth-order valence-corrected chi connectivity index (χ4v) is 2.61. The van der Waals surface area contributed by atoms with Crippen LogP contribution in [0.3, 0.4) is 0 Å². The molecule has 0 N–H and O–H groups in total. The second-order valence-corrected chi connectivity index (χ2v) is 5.26. The molecule has 2 aromatic rings. The van der Waals surface area contributed by atoms with E-state index < -0.39 is 0 Å². The van der Waals surface area contributed by atoms with Gasteiger partial charge < -0.3 is 4.90 Å². The van der Waals surface area contributed by atoms with Crippen LogP contribution in [0.2, 0.25) is 0 Å². The van der Waals surface area contributed by atoms with Crippen molar-refractivity contribution < 1.29 is 4.79 Å². The standard InChI is InChI=1S/C15H17N3O/c1-11-4-6-18(7-5-11)15-13-8-12(9-19)2-3-14(13)16-10-17-15/h2-3,8-11H,4-7H2,1H3. The van der Waals surface area contributed by atoms with Crippen molar-refractivity contribution >= 4 is 23.0 Å². The molecule has 2 heterocycles. The summed E-state index contributed by atoms with van der Waals surface area (Å²) in [6.07, 6.45) is 4.86. The summed E-state index contributed by atoms with van der Waals surface area (Å²) in [5, 5.41) is 0.974. The lowest BCUT2D eigenvalue weighted by Crippen LogP contribution is -2.33. The number of benzene rings is 1. The first-order chi connectivity index (χ1) is 9.28. The minimum absolute atomic E-state index is 0.675. The molecule has 3 rings (SSSR count). The van der Waals surface area contributed by atoms with Gasteiger partial charge in [-0.15, -0.1) is 0 Å². The number of anilines is 1. The van der Waals surface area contributed by atoms with Gasteiger partial charge in [-0.05, 0) is 37.0 Å². The number of carbonyl (C=O) groups is 1. The van der Waals surface area contributed by atoms with Gasteiger partial charge in [0, 0.05) is 24.0 Å². The number of aromatic nitrogens is 2. The predicted octanol–water partition coefficient (Wildman–Crippen LogP) is 2.68. The van der Waals surface area contributed by atoms with Gasteiger partial charge in [-0.25, -0.2) is 9.97 Å². The van der Waals surface area contributed by atoms with E-state index in [4.69, 9.17) is 0 Å². The Morgan fingerprint density at radius 1 is 1.26 bits per heavy atom. The predicted molar refractivity (Wildman–Crippen MR) is 75.5 cm³/mol. The van der Waals surface area contributed by atoms with Crippen molar-refractivity contribution in [3.05, 3.63) is 30.1 Å². The Kier molecular flexibility index (Phi) is 3.15. The molecular weight excluding hydrogens is 238 g/mol. The minimum atomic E-state index is 0.675. The molecule has 1 aromatic carbocycles. The van der Waals surface area contributed by atoms with Crippen molar-refractivity contribution in [2.75, 3.05) is 18.0 Å². The third kappa shape index (κ3) is 2.30. The highest BCUT2D eigenvalue weighted by Crippen LogP contribution is 2.27. The summed E-state index contributed by atoms with van der Waals surface area (Å²) in [7, 11) is 0. The fraction of sp³-hybridized carbons (Fsp3) is 0.400. The summed E-state index contributed by atoms with van der Waals surface area (Å²) >= 11 is 0. The molecule has 0 spiro atoms. The van der Waals surface area contributed by atoms with E-state index in [1.807, 2.05) is 12.1 Å². The van der Waals surface area contributed by atoms with Gasteiger partial charge >= 0.3 is 0 Å². The van der Waals surface area contributed by atoms with Crippen LogP contribution in [0.5, 0.6) is 0 Å². The Morgan fingerprint density at radius 2 is 2.05 bits per heavy atom. The van der Waals surface area contributed by atoms with Gasteiger partial charge in [-0.1, -0.05) is 6.92 Å². The molecule has 0 unspecified atom stereocenters. The van der Waals surface area contributed by atoms with Crippen LogP contribution in [0.25, 0.3) is 10.9 Å². The first-order valence-electron chi connectivity index (χ1n) is 6.73. The van der Waals surface area contributed by atoms with Gasteiger partial charge in [0.2, 0.25) is 0 Å². The van der Waals surface area contributed by atoms with Crippen LogP contribution in [0.15, 0.2) is 24.5 Å². The summed E-state index contributed by atoms with van der Waals surface area (Å²) < 4.78 is 0. The fourth-order valence-electron chi connectivity index (χ4n) is 2.61. The van der Waals surface area contributed by atoms with Crippen molar-refractivity contribution in [3.63, 3.8) is 0 Å². The normalized spacial score (nSPS) is 16.8. The smallest absolute Gasteiger partial charge is 0.150 e. The molecule has 0 amide bonds. The van der Waals surface area contributed by atoms with Crippen molar-refractivity contribution in [2.45, 2.75) is 19.8 Å². The zero-order valence-electron chi connectivity index (χ0n) is 11.0. The van der Waals surface area contributed by atoms with E-state index >= 15 is 0 Å². The van der Waals surface area contributed by atoms with E-state index in [2.05, 4.69) is 21.8 Å². The van der Waals surface area contributed by atoms with E-state index in [-0.39, 0.29) is 0 Å². The van der Waals surface area contributed by atoms with E-state index in [1.165, 1.54) is 12.8 Å². The van der Waals surface area contributed by atoms with Gasteiger partial charge in [0.1, 0.15) is 18.4 Å². The molecule has 0 saturated carbocycles. The molecule has 1 fully saturated rings. The van der Waals surface area contributed by atoms with Crippen LogP contribution in [0, 0.1) is 5.92 Å². The van der Waals surface area contributed by atoms with Crippen LogP contribution >= 0.6 is 0 Å². The first kappa shape index (κ1) is 12.1. The largest absolute Gasteiger partial charge is 0.356 e. The molecule has 0 radical (unpaired) electrons. The van der Waals surface area contributed by atoms with Crippen molar-refractivity contribution in [3.8, 4) is 0 Å². The Balaban J connectivity index is 2.04. The molecule has 0 aliphatic carbocycles. The number of piperidine rings is 1. The molecule has 19 heavy (non-hydrogen) atoms. The monoisotopic (exact) mass is 255 g/mol. The topological polar surface area (TPSA) is 46.1 Å². The molecule has 1 aliphatic rings. The molecule has 1 aliphatic heterocycles. The molecule has 1 saturated heterocycles. The van der Waals surface area contributed by atoms with E-state index in [0.717, 1.165) is 42.0 Å². The maximum Gasteiger partial charge on any atom is 0.150 e. The van der Waals surface area contributed by atoms with Crippen LogP contribution < -0.4 is 4.90 Å². The van der Waals surface area contributed by atoms with Crippen LogP contribution in [0.1, 0.15) is 30.1 Å². The number of fused-ring (bicyclic) bond motifs is 1. The number of hydrogen-bond acceptors (Lipinski definition) is 4. The highest BCUT2D eigenvalue weighted by Gasteiger charge is 2.19. The molecule has 0 atom stereocenters. The van der Waals surface area contributed by atoms with Crippen molar-refractivity contribution in [1.29, 1.82) is 0 Å². The van der Waals surface area contributed by atoms with E-state index in [9.17, 15) is 4.79 Å². The third-order valence-corrected chi connectivity index (χ3v) is 3.86. The molecule has 1 aromatic heterocycles. The zero-order chi connectivity index (χ0) is 13.2. The summed E-state index contributed by atoms with van der Waals surface area (Å²) in [4.78, 5) is 21.9. The summed E-state index contributed by atoms with van der Waals surface area (Å²) in [5.74, 6) is 1.75. The third-order valence-electron chi connectivity index (χ3n) is 3.86. The lowest BCUT2D eigenvalue weighted by Gasteiger charge is -2.31. The van der Waals surface area contributed by atoms with Gasteiger partial charge in [-0.3, -0.25) is 4.79 Å². The van der Waals surface area contributed by atoms with Crippen LogP contribution in [-0.2, 0) is 0 Å². The number of nitrogens with zero attached hydrogens (tertiary/aromatic N) is 3. The quantitative estimate of drug-likeness (QED) is 0.774. The molecule has 4 nitrogen and oxygen atoms in total. The van der Waals surface area contributed by atoms with E-state index in [0.29, 0.717) is 5.56 Å². The van der Waals surface area contributed by atoms with Crippen LogP contribution in [0.4, 0.5) is 5.82 Å². The van der Waals surface area contributed by atoms with Gasteiger partial charge in [0.15, 0.2) is 0 Å². The Morgan fingerprint density at radius 3 is 2.79 bits per heavy atom. The second kappa shape index (κ2) is 4.96. The maximum absolute atomic E-state index is 10.9. The van der Waals surface area contributed by atoms with E-state index in [1.54, 1.807) is 12.4 Å². The molecule has 0 bridgehead atoms. The molecule has 4 heteroatoms. The number of aldehydes is 1. The second-order valence-electron chi connectivity index (χ2n) is 5.26. The SMILES string of the molecule is CC1CCN(c2ncnc3ccc(C=O)cc23)CC1. The molecule has 98 valence electrons. The Hall–Kier alpha value is -1.97. The Labute approximate surface area is 112 Å². The first-order valence-corrected chi connectivity index (χ1v) is 6.73. The number of carbonyl (C=O) groups excluding carboxylic acids is 1. The van der Waals surface area contributed by atoms with Crippen molar-refractivity contribution in [1.82, 2.24) is 9.97 Å². The highest BCUT2D eigenvalue weighted by atomic mass is 16.1. The van der Waals surface area contributed by atoms with Crippen molar-refractivity contribution in [2.24, 2.45) is 5.92 Å². The van der Waals surface area contributed by atoms with Gasteiger partial charge in [0.25, 0.3) is 0 Å². The van der Waals surface area contributed by atoms with Crippen LogP contribution in [-0.4, -0.2) is 29.3 Å². The highest BCUT2D eigenvalue weighted by molar-refractivity contribution is 5.93. The number of rotatable bonds is 2. The summed E-state index contributed by atoms with van der Waals surface area (Å²) in [6.45, 7) is 4.34. The van der Waals surface area contributed by atoms with Gasteiger partial charge in [0.05, 0.1) is 5.52 Å². The average molecular weight is 255 g/mol. The lowest BCUT2D eigenvalue weighted by molar-refractivity contribution is 0.112. The molecular formula is C15H17N3O. The maximum atomic E-state index is 10.9. The summed E-state index contributed by atoms with van der Waals surface area (Å²) in [5.41, 5.74) is 1.57.